The van der Waals surface area contributed by atoms with E-state index >= 15 is 0 Å². The molecule has 0 saturated heterocycles. The Morgan fingerprint density at radius 1 is 1.62 bits per heavy atom. The number of aromatic nitrogens is 4. The fraction of sp³-hybridized carbons (Fsp3) is 0.222. The van der Waals surface area contributed by atoms with E-state index in [2.05, 4.69) is 20.6 Å². The van der Waals surface area contributed by atoms with Crippen molar-refractivity contribution in [3.05, 3.63) is 23.7 Å². The summed E-state index contributed by atoms with van der Waals surface area (Å²) in [5.41, 5.74) is 7.18. The minimum Gasteiger partial charge on any atom is -0.394 e. The Balaban J connectivity index is 2.17. The number of anilines is 2. The molecule has 0 unspecified atom stereocenters. The Labute approximate surface area is 91.6 Å². The summed E-state index contributed by atoms with van der Waals surface area (Å²) in [4.78, 5) is 11.7. The average molecular weight is 220 g/mol. The summed E-state index contributed by atoms with van der Waals surface area (Å²) in [6, 6.07) is 1.62. The van der Waals surface area contributed by atoms with Gasteiger partial charge in [0.25, 0.3) is 5.91 Å². The van der Waals surface area contributed by atoms with E-state index in [0.717, 1.165) is 5.69 Å². The number of nitrogens with two attached hydrogens (primary N) is 1. The zero-order valence-electron chi connectivity index (χ0n) is 8.98. The standard InChI is InChI=1S/C9H12N6O/c1-5-7(10)8(13-12-5)11-9(16)6-3-4-15(2)14-6/h3-4H,10H2,1-2H3,(H2,11,12,13,16). The third kappa shape index (κ3) is 1.74. The van der Waals surface area contributed by atoms with Crippen LogP contribution in [0.25, 0.3) is 0 Å². The van der Waals surface area contributed by atoms with Crippen LogP contribution in [-0.2, 0) is 7.05 Å². The van der Waals surface area contributed by atoms with Crippen LogP contribution in [0.3, 0.4) is 0 Å². The molecule has 0 bridgehead atoms. The van der Waals surface area contributed by atoms with E-state index in [0.29, 0.717) is 17.2 Å². The van der Waals surface area contributed by atoms with Gasteiger partial charge < -0.3 is 11.1 Å². The van der Waals surface area contributed by atoms with Gasteiger partial charge in [0.2, 0.25) is 0 Å². The van der Waals surface area contributed by atoms with E-state index in [-0.39, 0.29) is 5.91 Å². The molecule has 0 fully saturated rings. The highest BCUT2D eigenvalue weighted by Crippen LogP contribution is 2.18. The molecule has 2 aromatic rings. The first-order valence-electron chi connectivity index (χ1n) is 4.69. The van der Waals surface area contributed by atoms with Crippen molar-refractivity contribution < 1.29 is 4.79 Å². The second-order valence-electron chi connectivity index (χ2n) is 3.44. The number of nitrogen functional groups attached to an aromatic ring is 1. The molecule has 0 aromatic carbocycles. The van der Waals surface area contributed by atoms with Gasteiger partial charge in [0.1, 0.15) is 0 Å². The van der Waals surface area contributed by atoms with Crippen molar-refractivity contribution in [2.75, 3.05) is 11.1 Å². The summed E-state index contributed by atoms with van der Waals surface area (Å²) in [5.74, 6) is -0.00745. The van der Waals surface area contributed by atoms with Crippen LogP contribution in [0.2, 0.25) is 0 Å². The van der Waals surface area contributed by atoms with E-state index in [9.17, 15) is 4.79 Å². The molecule has 7 heteroatoms. The number of nitrogens with zero attached hydrogens (tertiary/aromatic N) is 3. The van der Waals surface area contributed by atoms with Crippen molar-refractivity contribution in [1.29, 1.82) is 0 Å². The number of amides is 1. The average Bonchev–Trinajstić information content (AvgIpc) is 2.79. The van der Waals surface area contributed by atoms with Gasteiger partial charge in [-0.2, -0.15) is 10.2 Å². The zero-order chi connectivity index (χ0) is 11.7. The van der Waals surface area contributed by atoms with Crippen LogP contribution in [0, 0.1) is 6.92 Å². The van der Waals surface area contributed by atoms with Crippen molar-refractivity contribution in [3.8, 4) is 0 Å². The Morgan fingerprint density at radius 2 is 2.38 bits per heavy atom. The zero-order valence-corrected chi connectivity index (χ0v) is 8.98. The lowest BCUT2D eigenvalue weighted by molar-refractivity contribution is 0.102. The van der Waals surface area contributed by atoms with Gasteiger partial charge in [-0.15, -0.1) is 0 Å². The number of aromatic amines is 1. The summed E-state index contributed by atoms with van der Waals surface area (Å²) in [5, 5.41) is 13.1. The molecule has 0 spiro atoms. The highest BCUT2D eigenvalue weighted by molar-refractivity contribution is 6.03. The minimum atomic E-state index is -0.334. The second kappa shape index (κ2) is 3.69. The van der Waals surface area contributed by atoms with Crippen molar-refractivity contribution in [2.45, 2.75) is 6.92 Å². The van der Waals surface area contributed by atoms with Gasteiger partial charge in [-0.1, -0.05) is 0 Å². The molecule has 2 heterocycles. The quantitative estimate of drug-likeness (QED) is 0.676. The number of H-pyrrole nitrogens is 1. The fourth-order valence-corrected chi connectivity index (χ4v) is 1.24. The van der Waals surface area contributed by atoms with Gasteiger partial charge in [-0.3, -0.25) is 14.6 Å². The molecule has 4 N–H and O–H groups in total. The first kappa shape index (κ1) is 10.2. The number of rotatable bonds is 2. The van der Waals surface area contributed by atoms with Crippen molar-refractivity contribution in [3.63, 3.8) is 0 Å². The molecule has 84 valence electrons. The van der Waals surface area contributed by atoms with Gasteiger partial charge in [0.15, 0.2) is 11.5 Å². The fourth-order valence-electron chi connectivity index (χ4n) is 1.24. The van der Waals surface area contributed by atoms with E-state index in [1.54, 1.807) is 30.9 Å². The van der Waals surface area contributed by atoms with Crippen LogP contribution >= 0.6 is 0 Å². The van der Waals surface area contributed by atoms with E-state index in [4.69, 9.17) is 5.73 Å². The Hall–Kier alpha value is -2.31. The monoisotopic (exact) mass is 220 g/mol. The first-order valence-corrected chi connectivity index (χ1v) is 4.69. The van der Waals surface area contributed by atoms with Crippen molar-refractivity contribution in [1.82, 2.24) is 20.0 Å². The minimum absolute atomic E-state index is 0.322. The summed E-state index contributed by atoms with van der Waals surface area (Å²) >= 11 is 0. The molecular formula is C9H12N6O. The molecule has 16 heavy (non-hydrogen) atoms. The lowest BCUT2D eigenvalue weighted by atomic mass is 10.3. The van der Waals surface area contributed by atoms with Crippen LogP contribution in [0.5, 0.6) is 0 Å². The maximum atomic E-state index is 11.7. The Morgan fingerprint density at radius 3 is 2.88 bits per heavy atom. The maximum absolute atomic E-state index is 11.7. The predicted octanol–water partition coefficient (Wildman–Crippen LogP) is 0.286. The summed E-state index contributed by atoms with van der Waals surface area (Å²) < 4.78 is 1.55. The summed E-state index contributed by atoms with van der Waals surface area (Å²) in [7, 11) is 1.74. The molecule has 1 amide bonds. The molecule has 0 aliphatic carbocycles. The first-order chi connectivity index (χ1) is 7.58. The molecule has 2 aromatic heterocycles. The number of aryl methyl sites for hydroxylation is 2. The van der Waals surface area contributed by atoms with Gasteiger partial charge in [-0.05, 0) is 13.0 Å². The smallest absolute Gasteiger partial charge is 0.277 e. The van der Waals surface area contributed by atoms with Gasteiger partial charge in [0, 0.05) is 13.2 Å². The van der Waals surface area contributed by atoms with E-state index < -0.39 is 0 Å². The lowest BCUT2D eigenvalue weighted by Gasteiger charge is -1.99. The number of carbonyl (C=O) groups is 1. The van der Waals surface area contributed by atoms with Crippen molar-refractivity contribution in [2.24, 2.45) is 7.05 Å². The Bertz CT molecular complexity index is 526. The van der Waals surface area contributed by atoms with Crippen LogP contribution in [-0.4, -0.2) is 25.9 Å². The van der Waals surface area contributed by atoms with Gasteiger partial charge >= 0.3 is 0 Å². The molecule has 7 nitrogen and oxygen atoms in total. The summed E-state index contributed by atoms with van der Waals surface area (Å²) in [6.07, 6.45) is 1.69. The highest BCUT2D eigenvalue weighted by atomic mass is 16.2. The highest BCUT2D eigenvalue weighted by Gasteiger charge is 2.13. The SMILES string of the molecule is Cc1[nH]nc(NC(=O)c2ccn(C)n2)c1N. The van der Waals surface area contributed by atoms with Gasteiger partial charge in [0.05, 0.1) is 11.4 Å². The molecule has 0 atom stereocenters. The molecule has 0 radical (unpaired) electrons. The van der Waals surface area contributed by atoms with Crippen LogP contribution in [0.15, 0.2) is 12.3 Å². The largest absolute Gasteiger partial charge is 0.394 e. The molecular weight excluding hydrogens is 208 g/mol. The number of hydrogen-bond donors (Lipinski definition) is 3. The number of nitrogens with one attached hydrogen (secondary N) is 2. The van der Waals surface area contributed by atoms with Gasteiger partial charge in [-0.25, -0.2) is 0 Å². The lowest BCUT2D eigenvalue weighted by Crippen LogP contribution is -2.14. The molecule has 0 aliphatic rings. The number of hydrogen-bond acceptors (Lipinski definition) is 4. The van der Waals surface area contributed by atoms with Crippen LogP contribution < -0.4 is 11.1 Å². The molecule has 0 aliphatic heterocycles. The predicted molar refractivity (Wildman–Crippen MR) is 58.9 cm³/mol. The summed E-state index contributed by atoms with van der Waals surface area (Å²) in [6.45, 7) is 1.78. The van der Waals surface area contributed by atoms with E-state index in [1.807, 2.05) is 0 Å². The number of carbonyl (C=O) groups excluding carboxylic acids is 1. The Kier molecular flexibility index (Phi) is 2.35. The van der Waals surface area contributed by atoms with Crippen LogP contribution in [0.1, 0.15) is 16.2 Å². The molecule has 2 rings (SSSR count). The third-order valence-corrected chi connectivity index (χ3v) is 2.17. The second-order valence-corrected chi connectivity index (χ2v) is 3.44. The topological polar surface area (TPSA) is 102 Å². The normalized spacial score (nSPS) is 10.4. The maximum Gasteiger partial charge on any atom is 0.277 e. The van der Waals surface area contributed by atoms with E-state index in [1.165, 1.54) is 0 Å². The van der Waals surface area contributed by atoms with Crippen LogP contribution in [0.4, 0.5) is 11.5 Å². The third-order valence-electron chi connectivity index (χ3n) is 2.17. The molecule has 0 saturated carbocycles. The van der Waals surface area contributed by atoms with Crippen molar-refractivity contribution >= 4 is 17.4 Å².